The molecule has 0 aromatic heterocycles. The van der Waals surface area contributed by atoms with Gasteiger partial charge >= 0.3 is 0 Å². The van der Waals surface area contributed by atoms with Crippen molar-refractivity contribution < 1.29 is 4.74 Å². The number of nitrogens with zero attached hydrogens (tertiary/aromatic N) is 3. The maximum atomic E-state index is 5.48. The van der Waals surface area contributed by atoms with E-state index in [1.54, 1.807) is 0 Å². The van der Waals surface area contributed by atoms with Crippen molar-refractivity contribution in [2.24, 2.45) is 5.92 Å². The summed E-state index contributed by atoms with van der Waals surface area (Å²) in [6.45, 7) is 11.0. The lowest BCUT2D eigenvalue weighted by Crippen LogP contribution is -2.51. The zero-order valence-corrected chi connectivity index (χ0v) is 18.7. The Morgan fingerprint density at radius 3 is 2.40 bits per heavy atom. The molecule has 0 aromatic carbocycles. The fourth-order valence-corrected chi connectivity index (χ4v) is 4.69. The van der Waals surface area contributed by atoms with Gasteiger partial charge in [-0.05, 0) is 58.2 Å². The summed E-state index contributed by atoms with van der Waals surface area (Å²) >= 11 is 0. The summed E-state index contributed by atoms with van der Waals surface area (Å²) in [6.07, 6.45) is 11.1. The maximum Gasteiger partial charge on any atom is 0.0468 e. The number of piperazine rings is 1. The molecule has 25 heavy (non-hydrogen) atoms. The quantitative estimate of drug-likeness (QED) is 0.443. The second-order valence-corrected chi connectivity index (χ2v) is 8.34. The number of hydrogen-bond acceptors (Lipinski definition) is 4. The van der Waals surface area contributed by atoms with Gasteiger partial charge in [0.2, 0.25) is 0 Å². The number of unbranched alkanes of at least 4 members (excludes halogenated alkanes) is 1. The van der Waals surface area contributed by atoms with Gasteiger partial charge in [-0.3, -0.25) is 4.90 Å². The molecule has 1 unspecified atom stereocenters. The summed E-state index contributed by atoms with van der Waals surface area (Å²) in [4.78, 5) is 8.03. The molecular formula is C20H40IN3O. The van der Waals surface area contributed by atoms with Crippen LogP contribution in [0.1, 0.15) is 51.4 Å². The van der Waals surface area contributed by atoms with E-state index < -0.39 is 0 Å². The molecule has 3 fully saturated rings. The minimum absolute atomic E-state index is 0. The van der Waals surface area contributed by atoms with Gasteiger partial charge < -0.3 is 14.5 Å². The molecule has 4 nitrogen and oxygen atoms in total. The third kappa shape index (κ3) is 7.60. The molecule has 0 saturated carbocycles. The Morgan fingerprint density at radius 1 is 0.880 bits per heavy atom. The molecule has 0 aliphatic carbocycles. The first-order chi connectivity index (χ1) is 11.8. The van der Waals surface area contributed by atoms with E-state index in [2.05, 4.69) is 21.7 Å². The predicted octanol–water partition coefficient (Wildman–Crippen LogP) is 3.30. The molecule has 0 aromatic rings. The van der Waals surface area contributed by atoms with E-state index in [-0.39, 0.29) is 24.0 Å². The molecular weight excluding hydrogens is 425 g/mol. The lowest BCUT2D eigenvalue weighted by Gasteiger charge is -2.39. The van der Waals surface area contributed by atoms with Gasteiger partial charge in [-0.1, -0.05) is 19.3 Å². The molecule has 5 heteroatoms. The van der Waals surface area contributed by atoms with Crippen molar-refractivity contribution in [2.45, 2.75) is 57.4 Å². The van der Waals surface area contributed by atoms with Crippen molar-refractivity contribution >= 4 is 24.0 Å². The zero-order chi connectivity index (χ0) is 16.6. The minimum Gasteiger partial charge on any atom is -0.381 e. The van der Waals surface area contributed by atoms with Crippen LogP contribution in [0.2, 0.25) is 0 Å². The van der Waals surface area contributed by atoms with Gasteiger partial charge in [0, 0.05) is 52.0 Å². The standard InChI is InChI=1S/C20H39N3O.HI/c1-21-12-14-23(15-13-21)20-7-3-5-11-22(18-20)10-4-2-6-19-8-16-24-17-9-19;/h19-20H,2-18H2,1H3;1H. The summed E-state index contributed by atoms with van der Waals surface area (Å²) in [6, 6.07) is 0.816. The molecule has 3 rings (SSSR count). The first-order valence-electron chi connectivity index (χ1n) is 10.5. The highest BCUT2D eigenvalue weighted by Gasteiger charge is 2.25. The fourth-order valence-electron chi connectivity index (χ4n) is 4.69. The highest BCUT2D eigenvalue weighted by molar-refractivity contribution is 14.0. The van der Waals surface area contributed by atoms with Crippen LogP contribution in [-0.4, -0.2) is 86.8 Å². The molecule has 0 spiro atoms. The number of rotatable bonds is 6. The van der Waals surface area contributed by atoms with E-state index in [0.29, 0.717) is 0 Å². The van der Waals surface area contributed by atoms with E-state index in [1.807, 2.05) is 0 Å². The number of halogens is 1. The summed E-state index contributed by atoms with van der Waals surface area (Å²) in [5.41, 5.74) is 0. The topological polar surface area (TPSA) is 19.0 Å². The first-order valence-corrected chi connectivity index (χ1v) is 10.5. The monoisotopic (exact) mass is 465 g/mol. The van der Waals surface area contributed by atoms with Crippen molar-refractivity contribution in [3.05, 3.63) is 0 Å². The van der Waals surface area contributed by atoms with Gasteiger partial charge in [-0.15, -0.1) is 24.0 Å². The van der Waals surface area contributed by atoms with Crippen molar-refractivity contribution in [3.63, 3.8) is 0 Å². The molecule has 0 N–H and O–H groups in total. The zero-order valence-electron chi connectivity index (χ0n) is 16.3. The van der Waals surface area contributed by atoms with Crippen molar-refractivity contribution in [2.75, 3.05) is 66.1 Å². The normalized spacial score (nSPS) is 28.4. The lowest BCUT2D eigenvalue weighted by molar-refractivity contribution is 0.0625. The van der Waals surface area contributed by atoms with E-state index in [9.17, 15) is 0 Å². The lowest BCUT2D eigenvalue weighted by atomic mass is 9.94. The Morgan fingerprint density at radius 2 is 1.64 bits per heavy atom. The van der Waals surface area contributed by atoms with Crippen LogP contribution in [0.15, 0.2) is 0 Å². The largest absolute Gasteiger partial charge is 0.381 e. The molecule has 3 aliphatic heterocycles. The highest BCUT2D eigenvalue weighted by atomic mass is 127. The molecule has 0 bridgehead atoms. The predicted molar refractivity (Wildman–Crippen MR) is 116 cm³/mol. The summed E-state index contributed by atoms with van der Waals surface area (Å²) < 4.78 is 5.48. The third-order valence-corrected chi connectivity index (χ3v) is 6.46. The van der Waals surface area contributed by atoms with Crippen LogP contribution < -0.4 is 0 Å². The number of likely N-dealkylation sites (tertiary alicyclic amines) is 1. The molecule has 0 amide bonds. The van der Waals surface area contributed by atoms with Gasteiger partial charge in [-0.25, -0.2) is 0 Å². The van der Waals surface area contributed by atoms with E-state index in [0.717, 1.165) is 25.2 Å². The van der Waals surface area contributed by atoms with Crippen LogP contribution in [0.4, 0.5) is 0 Å². The van der Waals surface area contributed by atoms with Gasteiger partial charge in [0.1, 0.15) is 0 Å². The Labute approximate surface area is 172 Å². The van der Waals surface area contributed by atoms with Crippen LogP contribution in [0, 0.1) is 5.92 Å². The average Bonchev–Trinajstić information content (AvgIpc) is 2.86. The smallest absolute Gasteiger partial charge is 0.0468 e. The number of likely N-dealkylation sites (N-methyl/N-ethyl adjacent to an activating group) is 1. The van der Waals surface area contributed by atoms with E-state index in [4.69, 9.17) is 4.74 Å². The maximum absolute atomic E-state index is 5.48. The van der Waals surface area contributed by atoms with Crippen LogP contribution in [-0.2, 0) is 4.74 Å². The summed E-state index contributed by atoms with van der Waals surface area (Å²) in [7, 11) is 2.26. The van der Waals surface area contributed by atoms with Crippen LogP contribution in [0.3, 0.4) is 0 Å². The molecule has 1 atom stereocenters. The Hall–Kier alpha value is 0.570. The minimum atomic E-state index is 0. The SMILES string of the molecule is CN1CCN(C2CCCCN(CCCCC3CCOCC3)C2)CC1.I. The van der Waals surface area contributed by atoms with Crippen molar-refractivity contribution in [1.82, 2.24) is 14.7 Å². The van der Waals surface area contributed by atoms with Crippen LogP contribution in [0.25, 0.3) is 0 Å². The van der Waals surface area contributed by atoms with Crippen molar-refractivity contribution in [1.29, 1.82) is 0 Å². The van der Waals surface area contributed by atoms with Crippen LogP contribution >= 0.6 is 24.0 Å². The highest BCUT2D eigenvalue weighted by Crippen LogP contribution is 2.22. The average molecular weight is 465 g/mol. The van der Waals surface area contributed by atoms with Crippen LogP contribution in [0.5, 0.6) is 0 Å². The van der Waals surface area contributed by atoms with Gasteiger partial charge in [0.25, 0.3) is 0 Å². The summed E-state index contributed by atoms with van der Waals surface area (Å²) in [5, 5.41) is 0. The number of hydrogen-bond donors (Lipinski definition) is 0. The fraction of sp³-hybridized carbons (Fsp3) is 1.00. The second kappa shape index (κ2) is 12.1. The molecule has 0 radical (unpaired) electrons. The molecule has 3 saturated heterocycles. The van der Waals surface area contributed by atoms with Gasteiger partial charge in [0.15, 0.2) is 0 Å². The second-order valence-electron chi connectivity index (χ2n) is 8.34. The molecule has 3 aliphatic rings. The number of ether oxygens (including phenoxy) is 1. The van der Waals surface area contributed by atoms with E-state index in [1.165, 1.54) is 97.2 Å². The van der Waals surface area contributed by atoms with Gasteiger partial charge in [-0.2, -0.15) is 0 Å². The first kappa shape index (κ1) is 21.9. The van der Waals surface area contributed by atoms with E-state index >= 15 is 0 Å². The third-order valence-electron chi connectivity index (χ3n) is 6.46. The Kier molecular flexibility index (Phi) is 10.6. The Balaban J connectivity index is 0.00000225. The van der Waals surface area contributed by atoms with Crippen molar-refractivity contribution in [3.8, 4) is 0 Å². The summed E-state index contributed by atoms with van der Waals surface area (Å²) in [5.74, 6) is 0.945. The van der Waals surface area contributed by atoms with Gasteiger partial charge in [0.05, 0.1) is 0 Å². The Bertz CT molecular complexity index is 344. The molecule has 148 valence electrons. The molecule has 3 heterocycles.